The van der Waals surface area contributed by atoms with Crippen LogP contribution >= 0.6 is 23.6 Å². The highest BCUT2D eigenvalue weighted by atomic mass is 32.1. The van der Waals surface area contributed by atoms with Gasteiger partial charge in [0.05, 0.1) is 18.3 Å². The number of nitrogens with one attached hydrogen (secondary N) is 1. The maximum Gasteiger partial charge on any atom is 0.276 e. The predicted octanol–water partition coefficient (Wildman–Crippen LogP) is 3.26. The van der Waals surface area contributed by atoms with Crippen LogP contribution in [0.1, 0.15) is 0 Å². The fourth-order valence-electron chi connectivity index (χ4n) is 1.95. The van der Waals surface area contributed by atoms with Gasteiger partial charge in [-0.15, -0.1) is 11.3 Å². The molecule has 0 bridgehead atoms. The minimum absolute atomic E-state index is 0.0749. The lowest BCUT2D eigenvalue weighted by molar-refractivity contribution is 0.413. The van der Waals surface area contributed by atoms with Gasteiger partial charge in [0.1, 0.15) is 16.3 Å². The summed E-state index contributed by atoms with van der Waals surface area (Å²) in [4.78, 5) is 15.4. The molecule has 3 aromatic rings. The van der Waals surface area contributed by atoms with Crippen LogP contribution in [0.3, 0.4) is 0 Å². The number of H-pyrrole nitrogens is 1. The molecular formula is C13H9FN2O2S2. The zero-order chi connectivity index (χ0) is 14.3. The highest BCUT2D eigenvalue weighted by molar-refractivity contribution is 7.71. The van der Waals surface area contributed by atoms with E-state index in [1.165, 1.54) is 36.6 Å². The first-order valence-electron chi connectivity index (χ1n) is 5.68. The Morgan fingerprint density at radius 3 is 2.95 bits per heavy atom. The molecule has 3 rings (SSSR count). The summed E-state index contributed by atoms with van der Waals surface area (Å²) >= 11 is 6.44. The molecule has 2 aromatic heterocycles. The molecule has 7 heteroatoms. The molecule has 0 radical (unpaired) electrons. The van der Waals surface area contributed by atoms with E-state index in [4.69, 9.17) is 17.0 Å². The second kappa shape index (κ2) is 4.84. The van der Waals surface area contributed by atoms with Gasteiger partial charge in [0.2, 0.25) is 0 Å². The summed E-state index contributed by atoms with van der Waals surface area (Å²) in [5.41, 5.74) is 0.390. The molecule has 0 aliphatic rings. The average molecular weight is 308 g/mol. The quantitative estimate of drug-likeness (QED) is 0.739. The van der Waals surface area contributed by atoms with Gasteiger partial charge in [0.25, 0.3) is 5.56 Å². The Morgan fingerprint density at radius 2 is 2.20 bits per heavy atom. The molecule has 0 saturated carbocycles. The zero-order valence-corrected chi connectivity index (χ0v) is 12.0. The van der Waals surface area contributed by atoms with Crippen LogP contribution in [0.4, 0.5) is 4.39 Å². The highest BCUT2D eigenvalue weighted by Crippen LogP contribution is 2.21. The van der Waals surface area contributed by atoms with E-state index in [0.29, 0.717) is 16.0 Å². The van der Waals surface area contributed by atoms with Crippen molar-refractivity contribution < 1.29 is 9.13 Å². The van der Waals surface area contributed by atoms with E-state index in [1.807, 2.05) is 0 Å². The maximum atomic E-state index is 14.0. The number of rotatable bonds is 2. The number of aromatic nitrogens is 2. The summed E-state index contributed by atoms with van der Waals surface area (Å²) in [5.74, 6) is -0.0858. The van der Waals surface area contributed by atoms with Gasteiger partial charge in [-0.2, -0.15) is 0 Å². The molecule has 0 spiro atoms. The molecule has 20 heavy (non-hydrogen) atoms. The van der Waals surface area contributed by atoms with Gasteiger partial charge in [0.15, 0.2) is 4.77 Å². The normalized spacial score (nSPS) is 10.9. The van der Waals surface area contributed by atoms with Gasteiger partial charge in [-0.05, 0) is 35.8 Å². The summed E-state index contributed by atoms with van der Waals surface area (Å²) in [6.07, 6.45) is 0. The fraction of sp³-hybridized carbons (Fsp3) is 0.0769. The van der Waals surface area contributed by atoms with Gasteiger partial charge < -0.3 is 9.72 Å². The fourth-order valence-corrected chi connectivity index (χ4v) is 3.02. The van der Waals surface area contributed by atoms with Crippen LogP contribution < -0.4 is 10.3 Å². The van der Waals surface area contributed by atoms with Crippen molar-refractivity contribution in [1.82, 2.24) is 9.55 Å². The van der Waals surface area contributed by atoms with Crippen molar-refractivity contribution in [3.63, 3.8) is 0 Å². The van der Waals surface area contributed by atoms with E-state index in [0.717, 1.165) is 4.57 Å². The Hall–Kier alpha value is -1.99. The predicted molar refractivity (Wildman–Crippen MR) is 79.1 cm³/mol. The zero-order valence-electron chi connectivity index (χ0n) is 10.3. The van der Waals surface area contributed by atoms with Gasteiger partial charge >= 0.3 is 0 Å². The van der Waals surface area contributed by atoms with Crippen molar-refractivity contribution in [3.05, 3.63) is 50.6 Å². The van der Waals surface area contributed by atoms with Crippen molar-refractivity contribution >= 4 is 33.8 Å². The number of halogens is 1. The summed E-state index contributed by atoms with van der Waals surface area (Å²) in [6.45, 7) is 0. The molecule has 0 unspecified atom stereocenters. The van der Waals surface area contributed by atoms with Crippen molar-refractivity contribution in [2.24, 2.45) is 0 Å². The van der Waals surface area contributed by atoms with Crippen LogP contribution in [0.25, 0.3) is 15.9 Å². The lowest BCUT2D eigenvalue weighted by atomic mass is 10.3. The molecule has 1 aromatic carbocycles. The second-order valence-corrected chi connectivity index (χ2v) is 5.35. The summed E-state index contributed by atoms with van der Waals surface area (Å²) < 4.78 is 20.9. The Bertz CT molecular complexity index is 911. The number of methoxy groups -OCH3 is 1. The second-order valence-electron chi connectivity index (χ2n) is 4.05. The smallest absolute Gasteiger partial charge is 0.276 e. The van der Waals surface area contributed by atoms with E-state index >= 15 is 0 Å². The number of nitrogens with zero attached hydrogens (tertiary/aromatic N) is 1. The highest BCUT2D eigenvalue weighted by Gasteiger charge is 2.13. The third-order valence-corrected chi connectivity index (χ3v) is 4.09. The standard InChI is InChI=1S/C13H9FN2O2S2/c1-18-7-2-3-8(14)10(6-7)16-12(17)11-9(4-5-20-11)15-13(16)19/h2-6H,1H3,(H,15,19). The van der Waals surface area contributed by atoms with E-state index in [-0.39, 0.29) is 16.0 Å². The summed E-state index contributed by atoms with van der Waals surface area (Å²) in [6, 6.07) is 5.94. The van der Waals surface area contributed by atoms with Crippen LogP contribution in [0.15, 0.2) is 34.4 Å². The largest absolute Gasteiger partial charge is 0.497 e. The Morgan fingerprint density at radius 1 is 1.40 bits per heavy atom. The number of aromatic amines is 1. The number of ether oxygens (including phenoxy) is 1. The molecule has 0 saturated heterocycles. The third-order valence-electron chi connectivity index (χ3n) is 2.90. The molecular weight excluding hydrogens is 299 g/mol. The van der Waals surface area contributed by atoms with Crippen LogP contribution in [0, 0.1) is 10.6 Å². The van der Waals surface area contributed by atoms with Gasteiger partial charge in [0, 0.05) is 6.07 Å². The summed E-state index contributed by atoms with van der Waals surface area (Å²) in [7, 11) is 1.48. The molecule has 0 aliphatic carbocycles. The van der Waals surface area contributed by atoms with E-state index < -0.39 is 5.82 Å². The van der Waals surface area contributed by atoms with Crippen molar-refractivity contribution in [1.29, 1.82) is 0 Å². The Balaban J connectivity index is 2.40. The van der Waals surface area contributed by atoms with Crippen LogP contribution in [-0.2, 0) is 0 Å². The van der Waals surface area contributed by atoms with E-state index in [1.54, 1.807) is 11.4 Å². The van der Waals surface area contributed by atoms with Gasteiger partial charge in [-0.3, -0.25) is 4.79 Å². The van der Waals surface area contributed by atoms with Gasteiger partial charge in [-0.25, -0.2) is 8.96 Å². The first-order valence-corrected chi connectivity index (χ1v) is 6.97. The average Bonchev–Trinajstić information content (AvgIpc) is 2.89. The number of thiophene rings is 1. The lowest BCUT2D eigenvalue weighted by Gasteiger charge is -2.09. The molecule has 4 nitrogen and oxygen atoms in total. The van der Waals surface area contributed by atoms with Crippen molar-refractivity contribution in [2.45, 2.75) is 0 Å². The van der Waals surface area contributed by atoms with Crippen LogP contribution in [0.5, 0.6) is 5.75 Å². The molecule has 1 N–H and O–H groups in total. The number of hydrogen-bond donors (Lipinski definition) is 1. The maximum absolute atomic E-state index is 14.0. The van der Waals surface area contributed by atoms with E-state index in [9.17, 15) is 9.18 Å². The van der Waals surface area contributed by atoms with Crippen molar-refractivity contribution in [2.75, 3.05) is 7.11 Å². The molecule has 0 amide bonds. The van der Waals surface area contributed by atoms with E-state index in [2.05, 4.69) is 4.98 Å². The van der Waals surface area contributed by atoms with Crippen LogP contribution in [-0.4, -0.2) is 16.7 Å². The molecule has 102 valence electrons. The minimum atomic E-state index is -0.539. The topological polar surface area (TPSA) is 47.0 Å². The SMILES string of the molecule is COc1ccc(F)c(-n2c(=S)[nH]c3ccsc3c2=O)c1. The minimum Gasteiger partial charge on any atom is -0.497 e. The number of fused-ring (bicyclic) bond motifs is 1. The first kappa shape index (κ1) is 13.0. The third kappa shape index (κ3) is 1.95. The monoisotopic (exact) mass is 308 g/mol. The van der Waals surface area contributed by atoms with Gasteiger partial charge in [-0.1, -0.05) is 0 Å². The Kier molecular flexibility index (Phi) is 3.15. The molecule has 0 aliphatic heterocycles. The van der Waals surface area contributed by atoms with Crippen LogP contribution in [0.2, 0.25) is 0 Å². The first-order chi connectivity index (χ1) is 9.61. The molecule has 0 atom stereocenters. The Labute approximate surface area is 122 Å². The summed E-state index contributed by atoms with van der Waals surface area (Å²) in [5, 5.41) is 1.78. The number of benzene rings is 1. The molecule has 0 fully saturated rings. The molecule has 2 heterocycles. The van der Waals surface area contributed by atoms with Crippen molar-refractivity contribution in [3.8, 4) is 11.4 Å². The lowest BCUT2D eigenvalue weighted by Crippen LogP contribution is -2.20. The number of hydrogen-bond acceptors (Lipinski definition) is 4.